The van der Waals surface area contributed by atoms with Crippen molar-refractivity contribution in [3.05, 3.63) is 29.8 Å². The van der Waals surface area contributed by atoms with E-state index < -0.39 is 0 Å². The van der Waals surface area contributed by atoms with Crippen molar-refractivity contribution < 1.29 is 4.74 Å². The summed E-state index contributed by atoms with van der Waals surface area (Å²) in [5.74, 6) is 1.42. The molecule has 2 aromatic rings. The minimum atomic E-state index is 0.604. The van der Waals surface area contributed by atoms with Crippen LogP contribution in [0.15, 0.2) is 24.3 Å². The summed E-state index contributed by atoms with van der Waals surface area (Å²) in [4.78, 5) is 4.45. The molecule has 3 nitrogen and oxygen atoms in total. The zero-order valence-electron chi connectivity index (χ0n) is 10.4. The number of fused-ring (bicyclic) bond motifs is 1. The maximum Gasteiger partial charge on any atom is 0.145 e. The largest absolute Gasteiger partial charge is 0.491 e. The number of nitrogens with zero attached hydrogens (tertiary/aromatic N) is 1. The van der Waals surface area contributed by atoms with Crippen LogP contribution in [0.2, 0.25) is 0 Å². The van der Waals surface area contributed by atoms with Crippen LogP contribution in [0.25, 0.3) is 10.9 Å². The Labute approximate surface area is 102 Å². The van der Waals surface area contributed by atoms with Gasteiger partial charge in [0.25, 0.3) is 0 Å². The zero-order valence-corrected chi connectivity index (χ0v) is 10.4. The molecule has 2 rings (SSSR count). The van der Waals surface area contributed by atoms with Gasteiger partial charge in [0.05, 0.1) is 6.61 Å². The molecule has 0 bridgehead atoms. The first-order valence-electron chi connectivity index (χ1n) is 6.07. The lowest BCUT2D eigenvalue weighted by molar-refractivity contribution is 0.320. The van der Waals surface area contributed by atoms with Crippen LogP contribution in [0.5, 0.6) is 5.75 Å². The van der Waals surface area contributed by atoms with Gasteiger partial charge in [0.1, 0.15) is 17.1 Å². The molecule has 90 valence electrons. The lowest BCUT2D eigenvalue weighted by Gasteiger charge is -2.10. The molecule has 0 aliphatic heterocycles. The van der Waals surface area contributed by atoms with Crippen molar-refractivity contribution >= 4 is 16.7 Å². The first kappa shape index (κ1) is 11.7. The summed E-state index contributed by atoms with van der Waals surface area (Å²) in [6.45, 7) is 4.87. The van der Waals surface area contributed by atoms with E-state index in [1.807, 2.05) is 18.2 Å². The molecular formula is C14H18N2O. The summed E-state index contributed by atoms with van der Waals surface area (Å²) < 4.78 is 5.68. The van der Waals surface area contributed by atoms with Gasteiger partial charge in [-0.3, -0.25) is 0 Å². The quantitative estimate of drug-likeness (QED) is 0.877. The zero-order chi connectivity index (χ0) is 12.3. The Hall–Kier alpha value is -1.77. The van der Waals surface area contributed by atoms with Gasteiger partial charge < -0.3 is 10.5 Å². The molecule has 0 amide bonds. The molecule has 1 aromatic carbocycles. The van der Waals surface area contributed by atoms with Gasteiger partial charge in [-0.1, -0.05) is 26.0 Å². The SMILES string of the molecule is CCCOc1cccc2cc(CC)c(N)nc12. The van der Waals surface area contributed by atoms with Crippen molar-refractivity contribution in [2.45, 2.75) is 26.7 Å². The lowest BCUT2D eigenvalue weighted by Crippen LogP contribution is -2.00. The molecular weight excluding hydrogens is 212 g/mol. The van der Waals surface area contributed by atoms with E-state index in [9.17, 15) is 0 Å². The third-order valence-electron chi connectivity index (χ3n) is 2.76. The number of aromatic nitrogens is 1. The van der Waals surface area contributed by atoms with E-state index >= 15 is 0 Å². The fraction of sp³-hybridized carbons (Fsp3) is 0.357. The van der Waals surface area contributed by atoms with Crippen molar-refractivity contribution in [2.24, 2.45) is 0 Å². The Morgan fingerprint density at radius 1 is 1.29 bits per heavy atom. The molecule has 0 saturated carbocycles. The third kappa shape index (κ3) is 2.33. The van der Waals surface area contributed by atoms with E-state index in [1.165, 1.54) is 0 Å². The standard InChI is InChI=1S/C14H18N2O/c1-3-8-17-12-7-5-6-11-9-10(4-2)14(15)16-13(11)12/h5-7,9H,3-4,8H2,1-2H3,(H2,15,16). The van der Waals surface area contributed by atoms with Crippen LogP contribution >= 0.6 is 0 Å². The van der Waals surface area contributed by atoms with Gasteiger partial charge in [0.2, 0.25) is 0 Å². The van der Waals surface area contributed by atoms with E-state index in [-0.39, 0.29) is 0 Å². The number of hydrogen-bond donors (Lipinski definition) is 1. The average Bonchev–Trinajstić information content (AvgIpc) is 2.35. The van der Waals surface area contributed by atoms with Gasteiger partial charge >= 0.3 is 0 Å². The maximum atomic E-state index is 5.93. The van der Waals surface area contributed by atoms with Gasteiger partial charge in [-0.15, -0.1) is 0 Å². The van der Waals surface area contributed by atoms with E-state index in [2.05, 4.69) is 24.9 Å². The topological polar surface area (TPSA) is 48.1 Å². The van der Waals surface area contributed by atoms with Crippen LogP contribution in [0.1, 0.15) is 25.8 Å². The van der Waals surface area contributed by atoms with E-state index in [0.717, 1.165) is 35.1 Å². The van der Waals surface area contributed by atoms with Gasteiger partial charge in [0, 0.05) is 5.39 Å². The predicted molar refractivity (Wildman–Crippen MR) is 71.3 cm³/mol. The number of para-hydroxylation sites is 1. The molecule has 0 fully saturated rings. The van der Waals surface area contributed by atoms with E-state index in [4.69, 9.17) is 10.5 Å². The Kier molecular flexibility index (Phi) is 3.47. The molecule has 1 aromatic heterocycles. The van der Waals surface area contributed by atoms with Crippen molar-refractivity contribution in [1.29, 1.82) is 0 Å². The molecule has 17 heavy (non-hydrogen) atoms. The van der Waals surface area contributed by atoms with Gasteiger partial charge in [-0.2, -0.15) is 0 Å². The van der Waals surface area contributed by atoms with E-state index in [1.54, 1.807) is 0 Å². The highest BCUT2D eigenvalue weighted by atomic mass is 16.5. The highest BCUT2D eigenvalue weighted by molar-refractivity contribution is 5.86. The molecule has 0 spiro atoms. The maximum absolute atomic E-state index is 5.93. The average molecular weight is 230 g/mol. The minimum absolute atomic E-state index is 0.604. The molecule has 0 atom stereocenters. The lowest BCUT2D eigenvalue weighted by atomic mass is 10.1. The Morgan fingerprint density at radius 2 is 2.12 bits per heavy atom. The second-order valence-corrected chi connectivity index (χ2v) is 4.06. The van der Waals surface area contributed by atoms with Crippen LogP contribution < -0.4 is 10.5 Å². The number of rotatable bonds is 4. The summed E-state index contributed by atoms with van der Waals surface area (Å²) in [6, 6.07) is 8.07. The fourth-order valence-electron chi connectivity index (χ4n) is 1.84. The number of hydrogen-bond acceptors (Lipinski definition) is 3. The molecule has 0 radical (unpaired) electrons. The summed E-state index contributed by atoms with van der Waals surface area (Å²) >= 11 is 0. The molecule has 1 heterocycles. The molecule has 0 saturated heterocycles. The summed E-state index contributed by atoms with van der Waals surface area (Å²) in [5, 5.41) is 1.09. The number of ether oxygens (including phenoxy) is 1. The number of aryl methyl sites for hydroxylation is 1. The van der Waals surface area contributed by atoms with Crippen molar-refractivity contribution in [1.82, 2.24) is 4.98 Å². The number of nitrogens with two attached hydrogens (primary N) is 1. The van der Waals surface area contributed by atoms with Crippen LogP contribution in [-0.2, 0) is 6.42 Å². The monoisotopic (exact) mass is 230 g/mol. The number of pyridine rings is 1. The summed E-state index contributed by atoms with van der Waals surface area (Å²) in [7, 11) is 0. The highest BCUT2D eigenvalue weighted by Gasteiger charge is 2.07. The second kappa shape index (κ2) is 5.04. The van der Waals surface area contributed by atoms with Gasteiger partial charge in [0.15, 0.2) is 0 Å². The first-order valence-corrected chi connectivity index (χ1v) is 6.07. The van der Waals surface area contributed by atoms with Crippen molar-refractivity contribution in [3.8, 4) is 5.75 Å². The van der Waals surface area contributed by atoms with Crippen LogP contribution in [0, 0.1) is 0 Å². The fourth-order valence-corrected chi connectivity index (χ4v) is 1.84. The molecule has 0 aliphatic rings. The Balaban J connectivity index is 2.52. The second-order valence-electron chi connectivity index (χ2n) is 4.06. The molecule has 0 unspecified atom stereocenters. The molecule has 3 heteroatoms. The number of benzene rings is 1. The van der Waals surface area contributed by atoms with Crippen molar-refractivity contribution in [3.63, 3.8) is 0 Å². The predicted octanol–water partition coefficient (Wildman–Crippen LogP) is 3.17. The summed E-state index contributed by atoms with van der Waals surface area (Å²) in [5.41, 5.74) is 7.87. The number of anilines is 1. The molecule has 0 aliphatic carbocycles. The van der Waals surface area contributed by atoms with Crippen LogP contribution in [0.4, 0.5) is 5.82 Å². The minimum Gasteiger partial charge on any atom is -0.491 e. The van der Waals surface area contributed by atoms with Crippen molar-refractivity contribution in [2.75, 3.05) is 12.3 Å². The highest BCUT2D eigenvalue weighted by Crippen LogP contribution is 2.27. The van der Waals surface area contributed by atoms with Gasteiger partial charge in [-0.25, -0.2) is 4.98 Å². The third-order valence-corrected chi connectivity index (χ3v) is 2.76. The van der Waals surface area contributed by atoms with Crippen LogP contribution in [-0.4, -0.2) is 11.6 Å². The molecule has 2 N–H and O–H groups in total. The normalized spacial score (nSPS) is 10.7. The first-order chi connectivity index (χ1) is 8.26. The number of nitrogen functional groups attached to an aromatic ring is 1. The summed E-state index contributed by atoms with van der Waals surface area (Å²) in [6.07, 6.45) is 1.88. The van der Waals surface area contributed by atoms with Gasteiger partial charge in [-0.05, 0) is 30.5 Å². The Morgan fingerprint density at radius 3 is 2.82 bits per heavy atom. The van der Waals surface area contributed by atoms with E-state index in [0.29, 0.717) is 12.4 Å². The smallest absolute Gasteiger partial charge is 0.145 e. The van der Waals surface area contributed by atoms with Crippen LogP contribution in [0.3, 0.4) is 0 Å². The Bertz CT molecular complexity index is 523.